The number of amides is 1. The first-order chi connectivity index (χ1) is 15.9. The highest BCUT2D eigenvalue weighted by atomic mass is 32.2. The molecule has 1 N–H and O–H groups in total. The van der Waals surface area contributed by atoms with Crippen molar-refractivity contribution >= 4 is 50.9 Å². The summed E-state index contributed by atoms with van der Waals surface area (Å²) in [5.41, 5.74) is 1.61. The fourth-order valence-electron chi connectivity index (χ4n) is 3.77. The van der Waals surface area contributed by atoms with Gasteiger partial charge in [0, 0.05) is 11.5 Å². The van der Waals surface area contributed by atoms with Crippen LogP contribution in [0.3, 0.4) is 0 Å². The molecule has 2 aromatic heterocycles. The predicted octanol–water partition coefficient (Wildman–Crippen LogP) is 3.77. The van der Waals surface area contributed by atoms with Gasteiger partial charge in [0.25, 0.3) is 5.56 Å². The Kier molecular flexibility index (Phi) is 7.16. The summed E-state index contributed by atoms with van der Waals surface area (Å²) in [6, 6.07) is 7.19. The van der Waals surface area contributed by atoms with Crippen LogP contribution in [0.1, 0.15) is 33.6 Å². The third kappa shape index (κ3) is 4.97. The van der Waals surface area contributed by atoms with Gasteiger partial charge in [-0.05, 0) is 44.4 Å². The number of hydrogen-bond donors (Lipinski definition) is 1. The maximum Gasteiger partial charge on any atom is 0.341 e. The lowest BCUT2D eigenvalue weighted by Crippen LogP contribution is -2.29. The Labute approximate surface area is 199 Å². The lowest BCUT2D eigenvalue weighted by Gasteiger charge is -2.16. The fourth-order valence-corrected chi connectivity index (χ4v) is 5.64. The van der Waals surface area contributed by atoms with Gasteiger partial charge in [-0.25, -0.2) is 9.78 Å². The molecular weight excluding hydrogens is 462 g/mol. The zero-order valence-electron chi connectivity index (χ0n) is 18.7. The first kappa shape index (κ1) is 23.5. The monoisotopic (exact) mass is 487 g/mol. The van der Waals surface area contributed by atoms with E-state index in [1.165, 1.54) is 30.2 Å². The number of carbonyl (C=O) groups excluding carboxylic acids is 2. The topological polar surface area (TPSA) is 99.5 Å². The third-order valence-corrected chi connectivity index (χ3v) is 7.70. The molecule has 1 atom stereocenters. The Morgan fingerprint density at radius 1 is 1.33 bits per heavy atom. The molecule has 0 spiro atoms. The molecule has 4 rings (SSSR count). The number of benzene rings is 1. The molecule has 1 unspecified atom stereocenters. The fraction of sp³-hybridized carbons (Fsp3) is 0.391. The average Bonchev–Trinajstić information content (AvgIpc) is 3.42. The largest absolute Gasteiger partial charge is 0.465 e. The Balaban J connectivity index is 1.56. The second-order valence-electron chi connectivity index (χ2n) is 7.78. The number of carbonyl (C=O) groups is 2. The number of ether oxygens (including phenoxy) is 2. The van der Waals surface area contributed by atoms with Crippen LogP contribution < -0.4 is 10.9 Å². The van der Waals surface area contributed by atoms with Gasteiger partial charge >= 0.3 is 5.97 Å². The minimum absolute atomic E-state index is 0.0346. The molecule has 0 bridgehead atoms. The van der Waals surface area contributed by atoms with E-state index in [2.05, 4.69) is 10.3 Å². The summed E-state index contributed by atoms with van der Waals surface area (Å²) in [6.45, 7) is 4.80. The van der Waals surface area contributed by atoms with E-state index in [0.717, 1.165) is 23.3 Å². The van der Waals surface area contributed by atoms with Gasteiger partial charge in [-0.3, -0.25) is 14.2 Å². The molecule has 3 aromatic rings. The van der Waals surface area contributed by atoms with Gasteiger partial charge in [-0.2, -0.15) is 0 Å². The molecular formula is C23H25N3O5S2. The number of aryl methyl sites for hydroxylation is 1. The molecule has 10 heteroatoms. The summed E-state index contributed by atoms with van der Waals surface area (Å²) in [5, 5.41) is 4.29. The summed E-state index contributed by atoms with van der Waals surface area (Å²) >= 11 is 2.52. The molecule has 1 fully saturated rings. The number of fused-ring (bicyclic) bond motifs is 1. The second-order valence-corrected chi connectivity index (χ2v) is 9.95. The molecule has 1 saturated heterocycles. The number of hydrogen-bond acceptors (Lipinski definition) is 8. The molecule has 8 nitrogen and oxygen atoms in total. The number of nitrogens with one attached hydrogen (secondary N) is 1. The zero-order valence-corrected chi connectivity index (χ0v) is 20.3. The summed E-state index contributed by atoms with van der Waals surface area (Å²) in [4.78, 5) is 43.7. The number of rotatable bonds is 7. The molecule has 1 aromatic carbocycles. The van der Waals surface area contributed by atoms with Crippen LogP contribution >= 0.6 is 23.1 Å². The molecule has 1 amide bonds. The number of thioether (sulfide) groups is 1. The van der Waals surface area contributed by atoms with Crippen molar-refractivity contribution in [3.05, 3.63) is 50.6 Å². The highest BCUT2D eigenvalue weighted by molar-refractivity contribution is 7.99. The van der Waals surface area contributed by atoms with Crippen molar-refractivity contribution in [2.24, 2.45) is 0 Å². The van der Waals surface area contributed by atoms with E-state index in [-0.39, 0.29) is 23.3 Å². The van der Waals surface area contributed by atoms with Crippen LogP contribution in [0.25, 0.3) is 10.9 Å². The number of esters is 1. The highest BCUT2D eigenvalue weighted by Crippen LogP contribution is 2.33. The highest BCUT2D eigenvalue weighted by Gasteiger charge is 2.23. The standard InChI is InChI=1S/C23H25N3O5S2/c1-13-14(2)33-20(19(13)22(29)30-3)25-18(27)12-32-23-24-17-9-5-4-8-16(17)21(28)26(23)11-15-7-6-10-31-15/h4-5,8-9,15H,6-7,10-12H2,1-3H3,(H,25,27). The van der Waals surface area contributed by atoms with Crippen LogP contribution in [-0.2, 0) is 20.8 Å². The molecule has 0 saturated carbocycles. The van der Waals surface area contributed by atoms with E-state index >= 15 is 0 Å². The van der Waals surface area contributed by atoms with Crippen LogP contribution in [0.5, 0.6) is 0 Å². The van der Waals surface area contributed by atoms with E-state index < -0.39 is 5.97 Å². The van der Waals surface area contributed by atoms with Gasteiger partial charge in [0.05, 0.1) is 42.0 Å². The van der Waals surface area contributed by atoms with Crippen molar-refractivity contribution in [1.29, 1.82) is 0 Å². The number of nitrogens with zero attached hydrogens (tertiary/aromatic N) is 2. The van der Waals surface area contributed by atoms with Crippen molar-refractivity contribution in [2.45, 2.75) is 44.5 Å². The molecule has 3 heterocycles. The molecule has 1 aliphatic rings. The number of aromatic nitrogens is 2. The average molecular weight is 488 g/mol. The van der Waals surface area contributed by atoms with Crippen LogP contribution in [0.4, 0.5) is 5.00 Å². The van der Waals surface area contributed by atoms with E-state index in [4.69, 9.17) is 9.47 Å². The predicted molar refractivity (Wildman–Crippen MR) is 129 cm³/mol. The van der Waals surface area contributed by atoms with Gasteiger partial charge in [-0.1, -0.05) is 23.9 Å². The maximum atomic E-state index is 13.2. The van der Waals surface area contributed by atoms with Crippen molar-refractivity contribution in [2.75, 3.05) is 24.8 Å². The molecule has 174 valence electrons. The number of para-hydroxylation sites is 1. The van der Waals surface area contributed by atoms with Crippen LogP contribution in [0.2, 0.25) is 0 Å². The zero-order chi connectivity index (χ0) is 23.5. The van der Waals surface area contributed by atoms with Crippen molar-refractivity contribution in [1.82, 2.24) is 9.55 Å². The lowest BCUT2D eigenvalue weighted by atomic mass is 10.1. The smallest absolute Gasteiger partial charge is 0.341 e. The van der Waals surface area contributed by atoms with Gasteiger partial charge in [0.1, 0.15) is 5.00 Å². The molecule has 33 heavy (non-hydrogen) atoms. The van der Waals surface area contributed by atoms with E-state index in [1.54, 1.807) is 16.7 Å². The Hall–Kier alpha value is -2.69. The van der Waals surface area contributed by atoms with Crippen LogP contribution in [-0.4, -0.2) is 47.0 Å². The van der Waals surface area contributed by atoms with Gasteiger partial charge in [-0.15, -0.1) is 11.3 Å². The van der Waals surface area contributed by atoms with E-state index in [0.29, 0.717) is 39.8 Å². The second kappa shape index (κ2) is 10.1. The first-order valence-electron chi connectivity index (χ1n) is 10.6. The van der Waals surface area contributed by atoms with Crippen LogP contribution in [0.15, 0.2) is 34.2 Å². The summed E-state index contributed by atoms with van der Waals surface area (Å²) in [6.07, 6.45) is 1.81. The van der Waals surface area contributed by atoms with Gasteiger partial charge in [0.15, 0.2) is 5.16 Å². The molecule has 0 radical (unpaired) electrons. The maximum absolute atomic E-state index is 13.2. The number of anilines is 1. The summed E-state index contributed by atoms with van der Waals surface area (Å²) in [5.74, 6) is -0.744. The Morgan fingerprint density at radius 3 is 2.85 bits per heavy atom. The van der Waals surface area contributed by atoms with Crippen molar-refractivity contribution in [3.63, 3.8) is 0 Å². The molecule has 1 aliphatic heterocycles. The lowest BCUT2D eigenvalue weighted by molar-refractivity contribution is -0.113. The summed E-state index contributed by atoms with van der Waals surface area (Å²) in [7, 11) is 1.31. The van der Waals surface area contributed by atoms with Gasteiger partial charge < -0.3 is 14.8 Å². The first-order valence-corrected chi connectivity index (χ1v) is 12.4. The Morgan fingerprint density at radius 2 is 2.12 bits per heavy atom. The minimum Gasteiger partial charge on any atom is -0.465 e. The van der Waals surface area contributed by atoms with E-state index in [1.807, 2.05) is 26.0 Å². The normalized spacial score (nSPS) is 15.7. The van der Waals surface area contributed by atoms with Crippen LogP contribution in [0, 0.1) is 13.8 Å². The quantitative estimate of drug-likeness (QED) is 0.308. The SMILES string of the molecule is COC(=O)c1c(NC(=O)CSc2nc3ccccc3c(=O)n2CC2CCCO2)sc(C)c1C. The number of methoxy groups -OCH3 is 1. The third-order valence-electron chi connectivity index (χ3n) is 5.60. The van der Waals surface area contributed by atoms with Gasteiger partial charge in [0.2, 0.25) is 5.91 Å². The molecule has 0 aliphatic carbocycles. The van der Waals surface area contributed by atoms with Crippen molar-refractivity contribution < 1.29 is 19.1 Å². The summed E-state index contributed by atoms with van der Waals surface area (Å²) < 4.78 is 12.2. The van der Waals surface area contributed by atoms with Crippen molar-refractivity contribution in [3.8, 4) is 0 Å². The number of thiophene rings is 1. The minimum atomic E-state index is -0.485. The van der Waals surface area contributed by atoms with E-state index in [9.17, 15) is 14.4 Å². The Bertz CT molecular complexity index is 1260.